The average Bonchev–Trinajstić information content (AvgIpc) is 2.56. The SMILES string of the molecule is CCCCC(CC)COC(=O)CCC(=O)Oc1c(Cl)cc(Cl)cc1Cl. The quantitative estimate of drug-likeness (QED) is 0.346. The Kier molecular flexibility index (Phi) is 10.2. The molecule has 7 heteroatoms. The molecule has 1 atom stereocenters. The minimum Gasteiger partial charge on any atom is -0.465 e. The van der Waals surface area contributed by atoms with Gasteiger partial charge in [0.25, 0.3) is 0 Å². The number of benzene rings is 1. The average molecular weight is 410 g/mol. The molecule has 4 nitrogen and oxygen atoms in total. The van der Waals surface area contributed by atoms with E-state index in [9.17, 15) is 9.59 Å². The van der Waals surface area contributed by atoms with Crippen molar-refractivity contribution in [2.24, 2.45) is 5.92 Å². The molecule has 25 heavy (non-hydrogen) atoms. The lowest BCUT2D eigenvalue weighted by Crippen LogP contribution is -2.16. The summed E-state index contributed by atoms with van der Waals surface area (Å²) in [5.41, 5.74) is 0. The summed E-state index contributed by atoms with van der Waals surface area (Å²) in [4.78, 5) is 23.6. The lowest BCUT2D eigenvalue weighted by molar-refractivity contribution is -0.148. The van der Waals surface area contributed by atoms with Crippen LogP contribution in [0.5, 0.6) is 5.75 Å². The van der Waals surface area contributed by atoms with Gasteiger partial charge in [0.1, 0.15) is 0 Å². The smallest absolute Gasteiger partial charge is 0.311 e. The van der Waals surface area contributed by atoms with E-state index < -0.39 is 11.9 Å². The van der Waals surface area contributed by atoms with Crippen LogP contribution in [0.3, 0.4) is 0 Å². The van der Waals surface area contributed by atoms with Gasteiger partial charge in [-0.3, -0.25) is 9.59 Å². The molecule has 0 spiro atoms. The van der Waals surface area contributed by atoms with Gasteiger partial charge in [0.2, 0.25) is 0 Å². The number of carbonyl (C=O) groups excluding carboxylic acids is 2. The third-order valence-corrected chi connectivity index (χ3v) is 4.52. The van der Waals surface area contributed by atoms with Crippen LogP contribution in [0.2, 0.25) is 15.1 Å². The molecule has 0 aliphatic rings. The van der Waals surface area contributed by atoms with Gasteiger partial charge >= 0.3 is 11.9 Å². The van der Waals surface area contributed by atoms with E-state index in [2.05, 4.69) is 13.8 Å². The van der Waals surface area contributed by atoms with Gasteiger partial charge in [0.15, 0.2) is 5.75 Å². The number of rotatable bonds is 10. The topological polar surface area (TPSA) is 52.6 Å². The predicted octanol–water partition coefficient (Wildman–Crippen LogP) is 6.09. The fourth-order valence-electron chi connectivity index (χ4n) is 2.18. The highest BCUT2D eigenvalue weighted by Gasteiger charge is 2.16. The van der Waals surface area contributed by atoms with Crippen LogP contribution in [0.1, 0.15) is 52.4 Å². The maximum Gasteiger partial charge on any atom is 0.311 e. The van der Waals surface area contributed by atoms with E-state index in [0.717, 1.165) is 25.7 Å². The lowest BCUT2D eigenvalue weighted by Gasteiger charge is -2.14. The molecule has 0 bridgehead atoms. The van der Waals surface area contributed by atoms with Crippen LogP contribution >= 0.6 is 34.8 Å². The van der Waals surface area contributed by atoms with Crippen LogP contribution in [0.25, 0.3) is 0 Å². The second-order valence-electron chi connectivity index (χ2n) is 5.77. The molecule has 1 aromatic rings. The van der Waals surface area contributed by atoms with E-state index in [1.54, 1.807) is 0 Å². The molecular formula is C18H23Cl3O4. The molecule has 140 valence electrons. The van der Waals surface area contributed by atoms with Gasteiger partial charge in [0, 0.05) is 5.02 Å². The molecule has 0 amide bonds. The monoisotopic (exact) mass is 408 g/mol. The molecule has 1 unspecified atom stereocenters. The van der Waals surface area contributed by atoms with E-state index in [-0.39, 0.29) is 28.6 Å². The zero-order valence-corrected chi connectivity index (χ0v) is 16.7. The molecule has 1 rings (SSSR count). The normalized spacial score (nSPS) is 11.9. The van der Waals surface area contributed by atoms with E-state index in [4.69, 9.17) is 44.3 Å². The van der Waals surface area contributed by atoms with Crippen LogP contribution in [-0.4, -0.2) is 18.5 Å². The van der Waals surface area contributed by atoms with Gasteiger partial charge in [-0.05, 0) is 24.5 Å². The Hall–Kier alpha value is -0.970. The summed E-state index contributed by atoms with van der Waals surface area (Å²) in [5.74, 6) is -0.624. The van der Waals surface area contributed by atoms with Crippen molar-refractivity contribution in [3.05, 3.63) is 27.2 Å². The number of hydrogen-bond donors (Lipinski definition) is 0. The first kappa shape index (κ1) is 22.1. The Bertz CT molecular complexity index is 567. The zero-order valence-electron chi connectivity index (χ0n) is 14.4. The van der Waals surface area contributed by atoms with E-state index in [1.165, 1.54) is 12.1 Å². The Labute approximate surface area is 163 Å². The fourth-order valence-corrected chi connectivity index (χ4v) is 3.07. The number of ether oxygens (including phenoxy) is 2. The summed E-state index contributed by atoms with van der Waals surface area (Å²) >= 11 is 17.7. The van der Waals surface area contributed by atoms with Gasteiger partial charge in [-0.25, -0.2) is 0 Å². The summed E-state index contributed by atoms with van der Waals surface area (Å²) in [6.45, 7) is 4.59. The Morgan fingerprint density at radius 2 is 1.64 bits per heavy atom. The number of hydrogen-bond acceptors (Lipinski definition) is 4. The second kappa shape index (κ2) is 11.6. The third kappa shape index (κ3) is 8.30. The van der Waals surface area contributed by atoms with Crippen LogP contribution in [0.15, 0.2) is 12.1 Å². The van der Waals surface area contributed by atoms with Gasteiger partial charge < -0.3 is 9.47 Å². The molecule has 0 fully saturated rings. The molecule has 0 N–H and O–H groups in total. The maximum absolute atomic E-state index is 11.9. The summed E-state index contributed by atoms with van der Waals surface area (Å²) in [7, 11) is 0. The first-order valence-corrected chi connectivity index (χ1v) is 9.51. The first-order valence-electron chi connectivity index (χ1n) is 8.38. The summed E-state index contributed by atoms with van der Waals surface area (Å²) in [6, 6.07) is 2.85. The van der Waals surface area contributed by atoms with Crippen LogP contribution in [-0.2, 0) is 14.3 Å². The van der Waals surface area contributed by atoms with E-state index in [1.807, 2.05) is 0 Å². The second-order valence-corrected chi connectivity index (χ2v) is 7.02. The first-order chi connectivity index (χ1) is 11.9. The molecular weight excluding hydrogens is 387 g/mol. The molecule has 0 aliphatic carbocycles. The number of carbonyl (C=O) groups is 2. The van der Waals surface area contributed by atoms with Crippen molar-refractivity contribution in [2.75, 3.05) is 6.61 Å². The molecule has 0 saturated heterocycles. The van der Waals surface area contributed by atoms with Crippen molar-refractivity contribution < 1.29 is 19.1 Å². The molecule has 0 aromatic heterocycles. The molecule has 0 saturated carbocycles. The molecule has 0 aliphatic heterocycles. The largest absolute Gasteiger partial charge is 0.465 e. The highest BCUT2D eigenvalue weighted by Crippen LogP contribution is 2.36. The highest BCUT2D eigenvalue weighted by molar-refractivity contribution is 6.40. The Morgan fingerprint density at radius 1 is 1.04 bits per heavy atom. The van der Waals surface area contributed by atoms with Crippen molar-refractivity contribution >= 4 is 46.7 Å². The third-order valence-electron chi connectivity index (χ3n) is 3.74. The number of esters is 2. The minimum absolute atomic E-state index is 0.0386. The van der Waals surface area contributed by atoms with Crippen molar-refractivity contribution in [1.82, 2.24) is 0 Å². The van der Waals surface area contributed by atoms with Gasteiger partial charge in [-0.2, -0.15) is 0 Å². The lowest BCUT2D eigenvalue weighted by atomic mass is 10.0. The number of unbranched alkanes of at least 4 members (excludes halogenated alkanes) is 1. The number of halogens is 3. The Balaban J connectivity index is 2.40. The molecule has 0 radical (unpaired) electrons. The summed E-state index contributed by atoms with van der Waals surface area (Å²) in [6.07, 6.45) is 4.07. The summed E-state index contributed by atoms with van der Waals surface area (Å²) < 4.78 is 10.4. The predicted molar refractivity (Wildman–Crippen MR) is 101 cm³/mol. The van der Waals surface area contributed by atoms with Crippen LogP contribution in [0, 0.1) is 5.92 Å². The van der Waals surface area contributed by atoms with Crippen LogP contribution < -0.4 is 4.74 Å². The van der Waals surface area contributed by atoms with Crippen molar-refractivity contribution in [2.45, 2.75) is 52.4 Å². The zero-order chi connectivity index (χ0) is 18.8. The van der Waals surface area contributed by atoms with Crippen molar-refractivity contribution in [3.63, 3.8) is 0 Å². The van der Waals surface area contributed by atoms with Gasteiger partial charge in [-0.1, -0.05) is 67.9 Å². The van der Waals surface area contributed by atoms with E-state index in [0.29, 0.717) is 17.5 Å². The van der Waals surface area contributed by atoms with Crippen LogP contribution in [0.4, 0.5) is 0 Å². The Morgan fingerprint density at radius 3 is 2.20 bits per heavy atom. The van der Waals surface area contributed by atoms with Crippen molar-refractivity contribution in [1.29, 1.82) is 0 Å². The molecule has 0 heterocycles. The van der Waals surface area contributed by atoms with Gasteiger partial charge in [-0.15, -0.1) is 0 Å². The minimum atomic E-state index is -0.610. The molecule has 1 aromatic carbocycles. The van der Waals surface area contributed by atoms with E-state index >= 15 is 0 Å². The van der Waals surface area contributed by atoms with Crippen molar-refractivity contribution in [3.8, 4) is 5.75 Å². The standard InChI is InChI=1S/C18H23Cl3O4/c1-3-5-6-12(4-2)11-24-16(22)7-8-17(23)25-18-14(20)9-13(19)10-15(18)21/h9-10,12H,3-8,11H2,1-2H3. The fraction of sp³-hybridized carbons (Fsp3) is 0.556. The summed E-state index contributed by atoms with van der Waals surface area (Å²) in [5, 5.41) is 0.609. The van der Waals surface area contributed by atoms with Gasteiger partial charge in [0.05, 0.1) is 29.5 Å². The maximum atomic E-state index is 11.9. The highest BCUT2D eigenvalue weighted by atomic mass is 35.5.